The second-order valence-corrected chi connectivity index (χ2v) is 3.11. The molecule has 2 rings (SSSR count). The van der Waals surface area contributed by atoms with Crippen molar-refractivity contribution < 1.29 is 4.74 Å². The Morgan fingerprint density at radius 1 is 1.69 bits per heavy atom. The molecule has 1 aliphatic heterocycles. The zero-order chi connectivity index (χ0) is 9.26. The van der Waals surface area contributed by atoms with Crippen LogP contribution in [0.4, 0.5) is 5.95 Å². The highest BCUT2D eigenvalue weighted by Gasteiger charge is 2.20. The van der Waals surface area contributed by atoms with Crippen LogP contribution in [-0.2, 0) is 4.74 Å². The van der Waals surface area contributed by atoms with E-state index in [2.05, 4.69) is 9.97 Å². The van der Waals surface area contributed by atoms with Gasteiger partial charge in [0.15, 0.2) is 5.95 Å². The van der Waals surface area contributed by atoms with Gasteiger partial charge >= 0.3 is 0 Å². The number of rotatable bonds is 1. The van der Waals surface area contributed by atoms with E-state index in [1.54, 1.807) is 0 Å². The summed E-state index contributed by atoms with van der Waals surface area (Å²) in [6, 6.07) is 0. The van der Waals surface area contributed by atoms with Gasteiger partial charge in [0.25, 0.3) is 5.56 Å². The van der Waals surface area contributed by atoms with Gasteiger partial charge in [0.2, 0.25) is 0 Å². The van der Waals surface area contributed by atoms with Crippen LogP contribution in [0.2, 0.25) is 0 Å². The summed E-state index contributed by atoms with van der Waals surface area (Å²) in [5, 5.41) is 0. The quantitative estimate of drug-likeness (QED) is 0.631. The number of ether oxygens (including phenoxy) is 1. The smallest absolute Gasteiger partial charge is 0.255 e. The summed E-state index contributed by atoms with van der Waals surface area (Å²) >= 11 is 0. The molecule has 1 unspecified atom stereocenters. The average Bonchev–Trinajstić information content (AvgIpc) is 2.56. The molecule has 1 aromatic rings. The van der Waals surface area contributed by atoms with Gasteiger partial charge in [-0.05, 0) is 6.42 Å². The molecular formula is C8H11N3O2. The predicted molar refractivity (Wildman–Crippen MR) is 47.4 cm³/mol. The summed E-state index contributed by atoms with van der Waals surface area (Å²) in [7, 11) is 0. The summed E-state index contributed by atoms with van der Waals surface area (Å²) in [4.78, 5) is 17.7. The van der Waals surface area contributed by atoms with Crippen LogP contribution in [0.3, 0.4) is 0 Å². The molecule has 1 aliphatic rings. The lowest BCUT2D eigenvalue weighted by Gasteiger charge is -2.05. The summed E-state index contributed by atoms with van der Waals surface area (Å²) in [5.41, 5.74) is 5.85. The van der Waals surface area contributed by atoms with E-state index < -0.39 is 0 Å². The number of nitrogens with zero attached hydrogens (tertiary/aromatic N) is 1. The van der Waals surface area contributed by atoms with Crippen LogP contribution in [-0.4, -0.2) is 23.2 Å². The first-order chi connectivity index (χ1) is 6.27. The van der Waals surface area contributed by atoms with E-state index in [4.69, 9.17) is 10.5 Å². The van der Waals surface area contributed by atoms with E-state index in [1.165, 1.54) is 6.20 Å². The maximum atomic E-state index is 11.4. The molecule has 1 saturated heterocycles. The molecule has 1 aromatic heterocycles. The molecule has 0 bridgehead atoms. The molecule has 0 amide bonds. The lowest BCUT2D eigenvalue weighted by atomic mass is 10.0. The minimum atomic E-state index is -0.150. The van der Waals surface area contributed by atoms with Gasteiger partial charge in [0.1, 0.15) is 0 Å². The SMILES string of the molecule is Nc1ncc(C2CCOC2)c(=O)[nH]1. The van der Waals surface area contributed by atoms with Crippen molar-refractivity contribution in [3.63, 3.8) is 0 Å². The maximum absolute atomic E-state index is 11.4. The molecule has 0 aliphatic carbocycles. The van der Waals surface area contributed by atoms with Crippen LogP contribution in [0, 0.1) is 0 Å². The number of H-pyrrole nitrogens is 1. The van der Waals surface area contributed by atoms with Crippen LogP contribution in [0.5, 0.6) is 0 Å². The van der Waals surface area contributed by atoms with Crippen molar-refractivity contribution in [2.75, 3.05) is 18.9 Å². The fraction of sp³-hybridized carbons (Fsp3) is 0.500. The van der Waals surface area contributed by atoms with Crippen LogP contribution in [0.1, 0.15) is 17.9 Å². The molecular weight excluding hydrogens is 170 g/mol. The first-order valence-electron chi connectivity index (χ1n) is 4.20. The summed E-state index contributed by atoms with van der Waals surface area (Å²) in [6.45, 7) is 1.32. The van der Waals surface area contributed by atoms with Crippen molar-refractivity contribution in [2.45, 2.75) is 12.3 Å². The topological polar surface area (TPSA) is 81.0 Å². The molecule has 3 N–H and O–H groups in total. The van der Waals surface area contributed by atoms with Gasteiger partial charge < -0.3 is 10.5 Å². The first kappa shape index (κ1) is 8.25. The third kappa shape index (κ3) is 1.55. The fourth-order valence-electron chi connectivity index (χ4n) is 1.49. The molecule has 1 atom stereocenters. The number of nitrogens with one attached hydrogen (secondary N) is 1. The van der Waals surface area contributed by atoms with E-state index >= 15 is 0 Å². The minimum Gasteiger partial charge on any atom is -0.381 e. The molecule has 70 valence electrons. The van der Waals surface area contributed by atoms with Crippen LogP contribution >= 0.6 is 0 Å². The van der Waals surface area contributed by atoms with Crippen molar-refractivity contribution in [2.24, 2.45) is 0 Å². The normalized spacial score (nSPS) is 22.0. The molecule has 1 fully saturated rings. The van der Waals surface area contributed by atoms with Crippen molar-refractivity contribution in [1.29, 1.82) is 0 Å². The van der Waals surface area contributed by atoms with Gasteiger partial charge in [-0.15, -0.1) is 0 Å². The Bertz CT molecular complexity index is 355. The molecule has 2 heterocycles. The highest BCUT2D eigenvalue weighted by Crippen LogP contribution is 2.21. The Morgan fingerprint density at radius 2 is 2.54 bits per heavy atom. The van der Waals surface area contributed by atoms with Crippen molar-refractivity contribution >= 4 is 5.95 Å². The minimum absolute atomic E-state index is 0.150. The van der Waals surface area contributed by atoms with Crippen molar-refractivity contribution in [3.05, 3.63) is 22.1 Å². The Labute approximate surface area is 74.9 Å². The largest absolute Gasteiger partial charge is 0.381 e. The van der Waals surface area contributed by atoms with E-state index in [9.17, 15) is 4.79 Å². The molecule has 0 aromatic carbocycles. The second kappa shape index (κ2) is 3.18. The number of nitrogens with two attached hydrogens (primary N) is 1. The lowest BCUT2D eigenvalue weighted by molar-refractivity contribution is 0.193. The maximum Gasteiger partial charge on any atom is 0.255 e. The molecule has 13 heavy (non-hydrogen) atoms. The highest BCUT2D eigenvalue weighted by molar-refractivity contribution is 5.20. The van der Waals surface area contributed by atoms with Crippen molar-refractivity contribution in [1.82, 2.24) is 9.97 Å². The lowest BCUT2D eigenvalue weighted by Crippen LogP contribution is -2.18. The number of aromatic nitrogens is 2. The number of hydrogen-bond donors (Lipinski definition) is 2. The number of hydrogen-bond acceptors (Lipinski definition) is 4. The molecule has 0 spiro atoms. The van der Waals surface area contributed by atoms with Gasteiger partial charge in [0, 0.05) is 24.3 Å². The number of nitrogen functional groups attached to an aromatic ring is 1. The third-order valence-electron chi connectivity index (χ3n) is 2.22. The Morgan fingerprint density at radius 3 is 3.15 bits per heavy atom. The zero-order valence-electron chi connectivity index (χ0n) is 7.12. The standard InChI is InChI=1S/C8H11N3O2/c9-8-10-3-6(7(12)11-8)5-1-2-13-4-5/h3,5H,1-2,4H2,(H3,9,10,11,12). The highest BCUT2D eigenvalue weighted by atomic mass is 16.5. The summed E-state index contributed by atoms with van der Waals surface area (Å²) < 4.78 is 5.18. The summed E-state index contributed by atoms with van der Waals surface area (Å²) in [6.07, 6.45) is 2.42. The van der Waals surface area contributed by atoms with E-state index in [1.807, 2.05) is 0 Å². The van der Waals surface area contributed by atoms with E-state index in [-0.39, 0.29) is 17.4 Å². The number of aromatic amines is 1. The Kier molecular flexibility index (Phi) is 2.02. The van der Waals surface area contributed by atoms with Gasteiger partial charge in [-0.3, -0.25) is 9.78 Å². The molecule has 0 radical (unpaired) electrons. The van der Waals surface area contributed by atoms with Crippen LogP contribution in [0.25, 0.3) is 0 Å². The van der Waals surface area contributed by atoms with Crippen LogP contribution < -0.4 is 11.3 Å². The van der Waals surface area contributed by atoms with E-state index in [0.717, 1.165) is 6.42 Å². The van der Waals surface area contributed by atoms with Gasteiger partial charge in [-0.1, -0.05) is 0 Å². The average molecular weight is 181 g/mol. The van der Waals surface area contributed by atoms with E-state index in [0.29, 0.717) is 18.8 Å². The first-order valence-corrected chi connectivity index (χ1v) is 4.20. The predicted octanol–water partition coefficient (Wildman–Crippen LogP) is -0.144. The fourth-order valence-corrected chi connectivity index (χ4v) is 1.49. The van der Waals surface area contributed by atoms with Crippen LogP contribution in [0.15, 0.2) is 11.0 Å². The second-order valence-electron chi connectivity index (χ2n) is 3.11. The van der Waals surface area contributed by atoms with Crippen molar-refractivity contribution in [3.8, 4) is 0 Å². The Hall–Kier alpha value is -1.36. The Balaban J connectivity index is 2.34. The molecule has 5 nitrogen and oxygen atoms in total. The third-order valence-corrected chi connectivity index (χ3v) is 2.22. The van der Waals surface area contributed by atoms with Gasteiger partial charge in [-0.25, -0.2) is 4.98 Å². The van der Waals surface area contributed by atoms with Gasteiger partial charge in [-0.2, -0.15) is 0 Å². The zero-order valence-corrected chi connectivity index (χ0v) is 7.12. The summed E-state index contributed by atoms with van der Waals surface area (Å²) in [5.74, 6) is 0.338. The molecule has 0 saturated carbocycles. The van der Waals surface area contributed by atoms with Gasteiger partial charge in [0.05, 0.1) is 6.61 Å². The molecule has 5 heteroatoms. The monoisotopic (exact) mass is 181 g/mol. The number of anilines is 1.